The van der Waals surface area contributed by atoms with E-state index in [1.54, 1.807) is 12.1 Å². The summed E-state index contributed by atoms with van der Waals surface area (Å²) in [6.07, 6.45) is 0. The van der Waals surface area contributed by atoms with Crippen LogP contribution in [0, 0.1) is 0 Å². The molecule has 2 aromatic rings. The summed E-state index contributed by atoms with van der Waals surface area (Å²) in [7, 11) is 1.76. The Morgan fingerprint density at radius 3 is 2.16 bits per heavy atom. The van der Waals surface area contributed by atoms with Crippen LogP contribution in [0.4, 0.5) is 5.69 Å². The van der Waals surface area contributed by atoms with Gasteiger partial charge in [0.25, 0.3) is 9.05 Å². The van der Waals surface area contributed by atoms with Crippen LogP contribution < -0.4 is 4.90 Å². The highest BCUT2D eigenvalue weighted by atomic mass is 35.7. The van der Waals surface area contributed by atoms with Gasteiger partial charge in [0.1, 0.15) is 0 Å². The van der Waals surface area contributed by atoms with Crippen LogP contribution in [-0.2, 0) is 9.05 Å². The molecule has 0 spiro atoms. The van der Waals surface area contributed by atoms with Crippen molar-refractivity contribution in [2.45, 2.75) is 18.7 Å². The molecule has 0 N–H and O–H groups in total. The Labute approximate surface area is 118 Å². The SMILES string of the molecule is CCN(CC)c1cccc2c(S(=O)(=O)Cl)cccc12. The maximum Gasteiger partial charge on any atom is 0.261 e. The lowest BCUT2D eigenvalue weighted by molar-refractivity contribution is 0.610. The minimum absolute atomic E-state index is 0.167. The van der Waals surface area contributed by atoms with Gasteiger partial charge in [0, 0.05) is 40.2 Å². The van der Waals surface area contributed by atoms with E-state index < -0.39 is 9.05 Å². The zero-order valence-electron chi connectivity index (χ0n) is 10.9. The van der Waals surface area contributed by atoms with Gasteiger partial charge in [-0.3, -0.25) is 0 Å². The molecule has 0 aliphatic carbocycles. The molecule has 19 heavy (non-hydrogen) atoms. The van der Waals surface area contributed by atoms with Crippen molar-refractivity contribution in [2.75, 3.05) is 18.0 Å². The molecule has 3 nitrogen and oxygen atoms in total. The van der Waals surface area contributed by atoms with E-state index in [9.17, 15) is 8.42 Å². The lowest BCUT2D eigenvalue weighted by Gasteiger charge is -2.23. The van der Waals surface area contributed by atoms with E-state index in [-0.39, 0.29) is 4.90 Å². The Morgan fingerprint density at radius 2 is 1.58 bits per heavy atom. The van der Waals surface area contributed by atoms with Crippen molar-refractivity contribution in [1.82, 2.24) is 0 Å². The van der Waals surface area contributed by atoms with Crippen LogP contribution in [0.3, 0.4) is 0 Å². The van der Waals surface area contributed by atoms with Crippen molar-refractivity contribution in [3.05, 3.63) is 36.4 Å². The first kappa shape index (κ1) is 14.2. The molecule has 0 saturated carbocycles. The van der Waals surface area contributed by atoms with Crippen LogP contribution >= 0.6 is 10.7 Å². The smallest absolute Gasteiger partial charge is 0.261 e. The quantitative estimate of drug-likeness (QED) is 0.809. The second-order valence-corrected chi connectivity index (χ2v) is 6.77. The summed E-state index contributed by atoms with van der Waals surface area (Å²) in [5.74, 6) is 0. The van der Waals surface area contributed by atoms with Crippen LogP contribution in [0.2, 0.25) is 0 Å². The molecule has 0 atom stereocenters. The third-order valence-corrected chi connectivity index (χ3v) is 4.61. The van der Waals surface area contributed by atoms with Crippen molar-refractivity contribution in [3.63, 3.8) is 0 Å². The van der Waals surface area contributed by atoms with Gasteiger partial charge in [0.2, 0.25) is 0 Å². The molecule has 2 aromatic carbocycles. The summed E-state index contributed by atoms with van der Waals surface area (Å²) >= 11 is 0. The maximum atomic E-state index is 11.6. The molecule has 0 aliphatic rings. The standard InChI is InChI=1S/C14H16ClNO2S/c1-3-16(4-2)13-9-5-8-12-11(13)7-6-10-14(12)19(15,17)18/h5-10H,3-4H2,1-2H3. The molecular formula is C14H16ClNO2S. The lowest BCUT2D eigenvalue weighted by Crippen LogP contribution is -2.22. The van der Waals surface area contributed by atoms with Crippen LogP contribution in [0.1, 0.15) is 13.8 Å². The second kappa shape index (κ2) is 5.39. The monoisotopic (exact) mass is 297 g/mol. The van der Waals surface area contributed by atoms with Gasteiger partial charge < -0.3 is 4.90 Å². The van der Waals surface area contributed by atoms with Crippen molar-refractivity contribution < 1.29 is 8.42 Å². The van der Waals surface area contributed by atoms with Crippen LogP contribution in [0.5, 0.6) is 0 Å². The maximum absolute atomic E-state index is 11.6. The summed E-state index contributed by atoms with van der Waals surface area (Å²) in [5, 5.41) is 1.58. The highest BCUT2D eigenvalue weighted by Crippen LogP contribution is 2.32. The van der Waals surface area contributed by atoms with Crippen molar-refractivity contribution >= 4 is 36.2 Å². The van der Waals surface area contributed by atoms with Crippen molar-refractivity contribution in [1.29, 1.82) is 0 Å². The Morgan fingerprint density at radius 1 is 1.00 bits per heavy atom. The fraction of sp³-hybridized carbons (Fsp3) is 0.286. The largest absolute Gasteiger partial charge is 0.372 e. The molecule has 0 radical (unpaired) electrons. The molecular weight excluding hydrogens is 282 g/mol. The van der Waals surface area contributed by atoms with Gasteiger partial charge in [-0.1, -0.05) is 24.3 Å². The summed E-state index contributed by atoms with van der Waals surface area (Å²) in [5.41, 5.74) is 1.03. The zero-order chi connectivity index (χ0) is 14.0. The number of halogens is 1. The highest BCUT2D eigenvalue weighted by Gasteiger charge is 2.16. The number of nitrogens with zero attached hydrogens (tertiary/aromatic N) is 1. The first-order valence-electron chi connectivity index (χ1n) is 6.20. The first-order valence-corrected chi connectivity index (χ1v) is 8.51. The summed E-state index contributed by atoms with van der Waals surface area (Å²) < 4.78 is 23.2. The minimum Gasteiger partial charge on any atom is -0.372 e. The van der Waals surface area contributed by atoms with Gasteiger partial charge in [-0.2, -0.15) is 0 Å². The van der Waals surface area contributed by atoms with Crippen LogP contribution in [0.15, 0.2) is 41.3 Å². The van der Waals surface area contributed by atoms with Gasteiger partial charge in [0.05, 0.1) is 4.90 Å². The number of benzene rings is 2. The fourth-order valence-electron chi connectivity index (χ4n) is 2.32. The molecule has 0 unspecified atom stereocenters. The van der Waals surface area contributed by atoms with E-state index in [0.29, 0.717) is 5.39 Å². The fourth-order valence-corrected chi connectivity index (χ4v) is 3.40. The van der Waals surface area contributed by atoms with Crippen molar-refractivity contribution in [3.8, 4) is 0 Å². The topological polar surface area (TPSA) is 37.4 Å². The van der Waals surface area contributed by atoms with E-state index in [2.05, 4.69) is 18.7 Å². The Balaban J connectivity index is 2.78. The minimum atomic E-state index is -3.73. The van der Waals surface area contributed by atoms with E-state index in [4.69, 9.17) is 10.7 Å². The third-order valence-electron chi connectivity index (χ3n) is 3.23. The number of rotatable bonds is 4. The predicted molar refractivity (Wildman–Crippen MR) is 80.5 cm³/mol. The van der Waals surface area contributed by atoms with E-state index in [0.717, 1.165) is 24.2 Å². The molecule has 0 aromatic heterocycles. The summed E-state index contributed by atoms with van der Waals surface area (Å²) in [4.78, 5) is 2.35. The molecule has 0 bridgehead atoms. The molecule has 5 heteroatoms. The first-order chi connectivity index (χ1) is 8.99. The van der Waals surface area contributed by atoms with Gasteiger partial charge in [-0.05, 0) is 26.0 Å². The summed E-state index contributed by atoms with van der Waals surface area (Å²) in [6.45, 7) is 5.88. The highest BCUT2D eigenvalue weighted by molar-refractivity contribution is 8.14. The molecule has 102 valence electrons. The normalized spacial score (nSPS) is 11.7. The number of hydrogen-bond acceptors (Lipinski definition) is 3. The molecule has 0 fully saturated rings. The van der Waals surface area contributed by atoms with Gasteiger partial charge in [-0.15, -0.1) is 0 Å². The molecule has 0 heterocycles. The number of anilines is 1. The van der Waals surface area contributed by atoms with Crippen LogP contribution in [0.25, 0.3) is 10.8 Å². The Hall–Kier alpha value is -1.26. The molecule has 0 saturated heterocycles. The summed E-state index contributed by atoms with van der Waals surface area (Å²) in [6, 6.07) is 10.8. The molecule has 2 rings (SSSR count). The van der Waals surface area contributed by atoms with E-state index >= 15 is 0 Å². The van der Waals surface area contributed by atoms with Gasteiger partial charge >= 0.3 is 0 Å². The number of hydrogen-bond donors (Lipinski definition) is 0. The van der Waals surface area contributed by atoms with Gasteiger partial charge in [-0.25, -0.2) is 8.42 Å². The molecule has 0 amide bonds. The molecule has 0 aliphatic heterocycles. The Bertz CT molecular complexity index is 694. The average Bonchev–Trinajstić information content (AvgIpc) is 2.38. The lowest BCUT2D eigenvalue weighted by atomic mass is 10.1. The van der Waals surface area contributed by atoms with Crippen LogP contribution in [-0.4, -0.2) is 21.5 Å². The second-order valence-electron chi connectivity index (χ2n) is 4.24. The van der Waals surface area contributed by atoms with Crippen molar-refractivity contribution in [2.24, 2.45) is 0 Å². The third kappa shape index (κ3) is 2.69. The predicted octanol–water partition coefficient (Wildman–Crippen LogP) is 3.61. The Kier molecular flexibility index (Phi) is 4.02. The van der Waals surface area contributed by atoms with E-state index in [1.165, 1.54) is 6.07 Å². The van der Waals surface area contributed by atoms with Gasteiger partial charge in [0.15, 0.2) is 0 Å². The van der Waals surface area contributed by atoms with E-state index in [1.807, 2.05) is 18.2 Å². The number of fused-ring (bicyclic) bond motifs is 1. The average molecular weight is 298 g/mol. The zero-order valence-corrected chi connectivity index (χ0v) is 12.5.